The number of amides is 2. The summed E-state index contributed by atoms with van der Waals surface area (Å²) >= 11 is 0. The fraction of sp³-hybridized carbons (Fsp3) is 0.435. The Labute approximate surface area is 177 Å². The van der Waals surface area contributed by atoms with Gasteiger partial charge in [0, 0.05) is 51.3 Å². The zero-order valence-corrected chi connectivity index (χ0v) is 17.8. The van der Waals surface area contributed by atoms with Gasteiger partial charge in [0.15, 0.2) is 0 Å². The molecule has 1 fully saturated rings. The molecular weight excluding hydrogens is 382 g/mol. The maximum absolute atomic E-state index is 13.0. The Balaban J connectivity index is 1.68. The van der Waals surface area contributed by atoms with Gasteiger partial charge in [0.1, 0.15) is 17.6 Å². The summed E-state index contributed by atoms with van der Waals surface area (Å²) in [5.74, 6) is 1.00. The van der Waals surface area contributed by atoms with Crippen molar-refractivity contribution < 1.29 is 19.1 Å². The number of hydrogen-bond donors (Lipinski definition) is 1. The largest absolute Gasteiger partial charge is 0.497 e. The lowest BCUT2D eigenvalue weighted by Crippen LogP contribution is -2.41. The van der Waals surface area contributed by atoms with E-state index in [2.05, 4.69) is 10.3 Å². The number of nitrogens with zero attached hydrogens (tertiary/aromatic N) is 2. The molecule has 1 aliphatic rings. The van der Waals surface area contributed by atoms with Gasteiger partial charge in [-0.2, -0.15) is 0 Å². The number of nitrogens with one attached hydrogen (secondary N) is 1. The lowest BCUT2D eigenvalue weighted by Gasteiger charge is -2.32. The Kier molecular flexibility index (Phi) is 7.27. The second-order valence-electron chi connectivity index (χ2n) is 7.63. The molecule has 7 heteroatoms. The predicted molar refractivity (Wildman–Crippen MR) is 114 cm³/mol. The minimum absolute atomic E-state index is 0.0339. The first-order valence-corrected chi connectivity index (χ1v) is 10.3. The fourth-order valence-corrected chi connectivity index (χ4v) is 3.61. The molecule has 1 aromatic heterocycles. The second kappa shape index (κ2) is 10.1. The van der Waals surface area contributed by atoms with E-state index < -0.39 is 0 Å². The highest BCUT2D eigenvalue weighted by atomic mass is 16.5. The SMILES string of the molecule is COc1ccc(OC2CCN(C(C)=O)CC2)c(C(=O)NC(C)Cc2cccnc2)c1. The number of carbonyl (C=O) groups is 2. The van der Waals surface area contributed by atoms with Crippen molar-refractivity contribution in [3.63, 3.8) is 0 Å². The molecule has 1 unspecified atom stereocenters. The van der Waals surface area contributed by atoms with Crippen LogP contribution in [0, 0.1) is 0 Å². The van der Waals surface area contributed by atoms with Crippen LogP contribution in [0.15, 0.2) is 42.7 Å². The van der Waals surface area contributed by atoms with E-state index in [0.717, 1.165) is 18.4 Å². The number of methoxy groups -OCH3 is 1. The van der Waals surface area contributed by atoms with Crippen molar-refractivity contribution in [2.24, 2.45) is 0 Å². The number of carbonyl (C=O) groups excluding carboxylic acids is 2. The molecule has 0 saturated carbocycles. The molecule has 1 aromatic carbocycles. The minimum atomic E-state index is -0.207. The van der Waals surface area contributed by atoms with E-state index in [1.165, 1.54) is 0 Å². The molecular formula is C23H29N3O4. The Morgan fingerprint density at radius 2 is 2.03 bits per heavy atom. The molecule has 2 heterocycles. The quantitative estimate of drug-likeness (QED) is 0.758. The summed E-state index contributed by atoms with van der Waals surface area (Å²) < 4.78 is 11.5. The maximum atomic E-state index is 13.0. The number of hydrogen-bond acceptors (Lipinski definition) is 5. The van der Waals surface area contributed by atoms with Gasteiger partial charge in [-0.1, -0.05) is 6.07 Å². The first-order chi connectivity index (χ1) is 14.5. The van der Waals surface area contributed by atoms with E-state index in [1.54, 1.807) is 44.6 Å². The summed E-state index contributed by atoms with van der Waals surface area (Å²) in [5.41, 5.74) is 1.51. The number of piperidine rings is 1. The van der Waals surface area contributed by atoms with Crippen LogP contribution in [0.2, 0.25) is 0 Å². The molecule has 0 aliphatic carbocycles. The molecule has 160 valence electrons. The summed E-state index contributed by atoms with van der Waals surface area (Å²) in [5, 5.41) is 3.04. The van der Waals surface area contributed by atoms with Gasteiger partial charge in [0.25, 0.3) is 5.91 Å². The van der Waals surface area contributed by atoms with Crippen LogP contribution in [0.4, 0.5) is 0 Å². The molecule has 7 nitrogen and oxygen atoms in total. The molecule has 30 heavy (non-hydrogen) atoms. The van der Waals surface area contributed by atoms with Gasteiger partial charge in [0.2, 0.25) is 5.91 Å². The monoisotopic (exact) mass is 411 g/mol. The van der Waals surface area contributed by atoms with Crippen LogP contribution in [-0.4, -0.2) is 54.0 Å². The fourth-order valence-electron chi connectivity index (χ4n) is 3.61. The molecule has 3 rings (SSSR count). The smallest absolute Gasteiger partial charge is 0.255 e. The van der Waals surface area contributed by atoms with Gasteiger partial charge < -0.3 is 19.7 Å². The van der Waals surface area contributed by atoms with Gasteiger partial charge in [-0.05, 0) is 43.2 Å². The zero-order valence-electron chi connectivity index (χ0n) is 17.8. The van der Waals surface area contributed by atoms with Crippen molar-refractivity contribution >= 4 is 11.8 Å². The third kappa shape index (κ3) is 5.72. The van der Waals surface area contributed by atoms with Crippen molar-refractivity contribution in [3.8, 4) is 11.5 Å². The molecule has 2 aromatic rings. The lowest BCUT2D eigenvalue weighted by molar-refractivity contribution is -0.130. The lowest BCUT2D eigenvalue weighted by atomic mass is 10.1. The van der Waals surface area contributed by atoms with Gasteiger partial charge in [-0.3, -0.25) is 14.6 Å². The molecule has 1 N–H and O–H groups in total. The van der Waals surface area contributed by atoms with E-state index in [9.17, 15) is 9.59 Å². The normalized spacial score (nSPS) is 15.4. The Hall–Kier alpha value is -3.09. The number of rotatable bonds is 7. The van der Waals surface area contributed by atoms with Crippen molar-refractivity contribution in [1.82, 2.24) is 15.2 Å². The average Bonchev–Trinajstić information content (AvgIpc) is 2.75. The van der Waals surface area contributed by atoms with E-state index in [1.807, 2.05) is 24.0 Å². The molecule has 0 bridgehead atoms. The highest BCUT2D eigenvalue weighted by Gasteiger charge is 2.24. The number of pyridine rings is 1. The molecule has 0 radical (unpaired) electrons. The van der Waals surface area contributed by atoms with Crippen LogP contribution < -0.4 is 14.8 Å². The first-order valence-electron chi connectivity index (χ1n) is 10.3. The third-order valence-electron chi connectivity index (χ3n) is 5.25. The van der Waals surface area contributed by atoms with E-state index in [4.69, 9.17) is 9.47 Å². The average molecular weight is 412 g/mol. The van der Waals surface area contributed by atoms with Crippen LogP contribution >= 0.6 is 0 Å². The van der Waals surface area contributed by atoms with Gasteiger partial charge in [0.05, 0.1) is 12.7 Å². The van der Waals surface area contributed by atoms with Crippen LogP contribution in [0.3, 0.4) is 0 Å². The van der Waals surface area contributed by atoms with Crippen molar-refractivity contribution in [2.75, 3.05) is 20.2 Å². The molecule has 1 aliphatic heterocycles. The van der Waals surface area contributed by atoms with Crippen molar-refractivity contribution in [2.45, 2.75) is 45.3 Å². The number of aromatic nitrogens is 1. The molecule has 2 amide bonds. The maximum Gasteiger partial charge on any atom is 0.255 e. The van der Waals surface area contributed by atoms with Crippen molar-refractivity contribution in [3.05, 3.63) is 53.9 Å². The summed E-state index contributed by atoms with van der Waals surface area (Å²) in [7, 11) is 1.57. The first kappa shape index (κ1) is 21.6. The van der Waals surface area contributed by atoms with E-state index in [-0.39, 0.29) is 24.0 Å². The van der Waals surface area contributed by atoms with Gasteiger partial charge in [-0.15, -0.1) is 0 Å². The Morgan fingerprint density at radius 1 is 1.27 bits per heavy atom. The minimum Gasteiger partial charge on any atom is -0.497 e. The van der Waals surface area contributed by atoms with Crippen molar-refractivity contribution in [1.29, 1.82) is 0 Å². The Morgan fingerprint density at radius 3 is 2.67 bits per heavy atom. The van der Waals surface area contributed by atoms with E-state index in [0.29, 0.717) is 36.6 Å². The molecule has 0 spiro atoms. The molecule has 1 atom stereocenters. The topological polar surface area (TPSA) is 80.8 Å². The summed E-state index contributed by atoms with van der Waals surface area (Å²) in [4.78, 5) is 30.5. The van der Waals surface area contributed by atoms with Gasteiger partial charge >= 0.3 is 0 Å². The third-order valence-corrected chi connectivity index (χ3v) is 5.25. The summed E-state index contributed by atoms with van der Waals surface area (Å²) in [6.45, 7) is 4.88. The summed E-state index contributed by atoms with van der Waals surface area (Å²) in [6, 6.07) is 9.07. The van der Waals surface area contributed by atoms with Crippen LogP contribution in [0.5, 0.6) is 11.5 Å². The molecule has 1 saturated heterocycles. The number of ether oxygens (including phenoxy) is 2. The second-order valence-corrected chi connectivity index (χ2v) is 7.63. The predicted octanol–water partition coefficient (Wildman–Crippen LogP) is 2.84. The zero-order chi connectivity index (χ0) is 21.5. The van der Waals surface area contributed by atoms with Crippen LogP contribution in [0.1, 0.15) is 42.6 Å². The van der Waals surface area contributed by atoms with Gasteiger partial charge in [-0.25, -0.2) is 0 Å². The Bertz CT molecular complexity index is 864. The standard InChI is InChI=1S/C23H29N3O4/c1-16(13-18-5-4-10-24-15-18)25-23(28)21-14-20(29-3)6-7-22(21)30-19-8-11-26(12-9-19)17(2)27/h4-7,10,14-16,19H,8-9,11-13H2,1-3H3,(H,25,28). The highest BCUT2D eigenvalue weighted by Crippen LogP contribution is 2.27. The van der Waals surface area contributed by atoms with Crippen LogP contribution in [-0.2, 0) is 11.2 Å². The van der Waals surface area contributed by atoms with Crippen LogP contribution in [0.25, 0.3) is 0 Å². The summed E-state index contributed by atoms with van der Waals surface area (Å²) in [6.07, 6.45) is 5.66. The number of likely N-dealkylation sites (tertiary alicyclic amines) is 1. The van der Waals surface area contributed by atoms with E-state index >= 15 is 0 Å². The number of benzene rings is 1. The highest BCUT2D eigenvalue weighted by molar-refractivity contribution is 5.97.